The smallest absolute Gasteiger partial charge is 0.275 e. The van der Waals surface area contributed by atoms with Crippen molar-refractivity contribution in [1.82, 2.24) is 5.32 Å². The van der Waals surface area contributed by atoms with E-state index in [1.165, 1.54) is 6.07 Å². The van der Waals surface area contributed by atoms with Crippen molar-refractivity contribution in [3.05, 3.63) is 69.9 Å². The van der Waals surface area contributed by atoms with Gasteiger partial charge < -0.3 is 10.2 Å². The van der Waals surface area contributed by atoms with Crippen LogP contribution in [0.25, 0.3) is 0 Å². The number of amides is 1. The Morgan fingerprint density at radius 2 is 1.87 bits per heavy atom. The maximum Gasteiger partial charge on any atom is 0.275 e. The quantitative estimate of drug-likeness (QED) is 0.794. The predicted octanol–water partition coefficient (Wildman–Crippen LogP) is 2.48. The molecule has 2 N–H and O–H groups in total. The van der Waals surface area contributed by atoms with Crippen LogP contribution >= 0.6 is 15.9 Å². The highest BCUT2D eigenvalue weighted by atomic mass is 79.9. The molecule has 1 amide bonds. The van der Waals surface area contributed by atoms with Crippen LogP contribution in [0.5, 0.6) is 0 Å². The molecule has 0 aliphatic carbocycles. The van der Waals surface area contributed by atoms with Crippen LogP contribution in [-0.4, -0.2) is 19.5 Å². The van der Waals surface area contributed by atoms with Crippen molar-refractivity contribution < 1.29 is 14.1 Å². The first-order valence-electron chi connectivity index (χ1n) is 7.55. The highest BCUT2D eigenvalue weighted by Gasteiger charge is 2.15. The molecule has 0 spiro atoms. The fourth-order valence-corrected chi connectivity index (χ4v) is 2.70. The summed E-state index contributed by atoms with van der Waals surface area (Å²) < 4.78 is 14.6. The Kier molecular flexibility index (Phi) is 6.30. The number of likely N-dealkylation sites (N-methyl/N-ethyl adjacent to an activating group) is 1. The number of hydrogen-bond acceptors (Lipinski definition) is 1. The number of rotatable bonds is 6. The zero-order valence-corrected chi connectivity index (χ0v) is 14.9. The molecule has 0 fully saturated rings. The van der Waals surface area contributed by atoms with E-state index in [1.807, 2.05) is 38.2 Å². The lowest BCUT2D eigenvalue weighted by Crippen LogP contribution is -3.09. The molecular formula is C18H21BrFN2O+. The van der Waals surface area contributed by atoms with Gasteiger partial charge >= 0.3 is 0 Å². The van der Waals surface area contributed by atoms with E-state index in [0.29, 0.717) is 18.7 Å². The van der Waals surface area contributed by atoms with Gasteiger partial charge in [-0.3, -0.25) is 4.79 Å². The molecule has 2 aromatic rings. The van der Waals surface area contributed by atoms with E-state index in [0.717, 1.165) is 14.9 Å². The molecule has 2 atom stereocenters. The van der Waals surface area contributed by atoms with Gasteiger partial charge in [-0.1, -0.05) is 46.3 Å². The zero-order valence-electron chi connectivity index (χ0n) is 13.3. The lowest BCUT2D eigenvalue weighted by Gasteiger charge is -2.17. The number of benzene rings is 2. The van der Waals surface area contributed by atoms with Gasteiger partial charge in [-0.2, -0.15) is 0 Å². The highest BCUT2D eigenvalue weighted by molar-refractivity contribution is 9.10. The maximum atomic E-state index is 13.6. The average molecular weight is 380 g/mol. The van der Waals surface area contributed by atoms with Crippen LogP contribution in [0.4, 0.5) is 4.39 Å². The fraction of sp³-hybridized carbons (Fsp3) is 0.278. The molecule has 2 rings (SSSR count). The average Bonchev–Trinajstić information content (AvgIpc) is 2.50. The van der Waals surface area contributed by atoms with Crippen LogP contribution in [0.2, 0.25) is 0 Å². The van der Waals surface area contributed by atoms with E-state index >= 15 is 0 Å². The molecule has 0 aliphatic heterocycles. The summed E-state index contributed by atoms with van der Waals surface area (Å²) in [6, 6.07) is 14.5. The lowest BCUT2D eigenvalue weighted by molar-refractivity contribution is -0.885. The molecule has 23 heavy (non-hydrogen) atoms. The summed E-state index contributed by atoms with van der Waals surface area (Å²) in [5, 5.41) is 2.98. The molecule has 5 heteroatoms. The molecule has 122 valence electrons. The number of carbonyl (C=O) groups is 1. The lowest BCUT2D eigenvalue weighted by atomic mass is 10.1. The zero-order chi connectivity index (χ0) is 16.8. The van der Waals surface area contributed by atoms with Crippen LogP contribution in [0.15, 0.2) is 53.0 Å². The first-order chi connectivity index (χ1) is 11.0. The molecule has 2 aromatic carbocycles. The predicted molar refractivity (Wildman–Crippen MR) is 92.6 cm³/mol. The van der Waals surface area contributed by atoms with E-state index in [9.17, 15) is 9.18 Å². The van der Waals surface area contributed by atoms with Crippen molar-refractivity contribution in [2.24, 2.45) is 0 Å². The minimum absolute atomic E-state index is 0.0470. The minimum atomic E-state index is -0.226. The largest absolute Gasteiger partial charge is 0.345 e. The number of carbonyl (C=O) groups excluding carboxylic acids is 1. The maximum absolute atomic E-state index is 13.6. The van der Waals surface area contributed by atoms with E-state index < -0.39 is 0 Å². The molecule has 0 heterocycles. The third kappa shape index (κ3) is 5.44. The summed E-state index contributed by atoms with van der Waals surface area (Å²) in [5.74, 6) is -0.273. The topological polar surface area (TPSA) is 33.5 Å². The third-order valence-electron chi connectivity index (χ3n) is 3.66. The summed E-state index contributed by atoms with van der Waals surface area (Å²) in [5.41, 5.74) is 1.67. The van der Waals surface area contributed by atoms with E-state index in [2.05, 4.69) is 21.2 Å². The van der Waals surface area contributed by atoms with Crippen LogP contribution in [-0.2, 0) is 11.3 Å². The monoisotopic (exact) mass is 379 g/mol. The van der Waals surface area contributed by atoms with Gasteiger partial charge in [-0.25, -0.2) is 4.39 Å². The van der Waals surface area contributed by atoms with E-state index in [4.69, 9.17) is 0 Å². The molecule has 0 saturated heterocycles. The minimum Gasteiger partial charge on any atom is -0.345 e. The SMILES string of the molecule is C[C@@H](NC(=O)C[NH+](C)Cc1ccccc1F)c1ccc(Br)cc1. The van der Waals surface area contributed by atoms with Crippen molar-refractivity contribution >= 4 is 21.8 Å². The Labute approximate surface area is 144 Å². The Bertz CT molecular complexity index is 660. The van der Waals surface area contributed by atoms with E-state index in [1.54, 1.807) is 18.2 Å². The molecule has 0 aromatic heterocycles. The third-order valence-corrected chi connectivity index (χ3v) is 4.19. The van der Waals surface area contributed by atoms with Gasteiger partial charge in [0, 0.05) is 10.0 Å². The van der Waals surface area contributed by atoms with Crippen molar-refractivity contribution in [3.8, 4) is 0 Å². The summed E-state index contributed by atoms with van der Waals surface area (Å²) in [6.45, 7) is 2.73. The molecule has 0 saturated carbocycles. The van der Waals surface area contributed by atoms with Gasteiger partial charge in [0.25, 0.3) is 5.91 Å². The second kappa shape index (κ2) is 8.22. The first-order valence-corrected chi connectivity index (χ1v) is 8.34. The Balaban J connectivity index is 1.86. The molecule has 3 nitrogen and oxygen atoms in total. The highest BCUT2D eigenvalue weighted by Crippen LogP contribution is 2.16. The Morgan fingerprint density at radius 3 is 2.52 bits per heavy atom. The van der Waals surface area contributed by atoms with Gasteiger partial charge in [-0.05, 0) is 30.7 Å². The van der Waals surface area contributed by atoms with Crippen molar-refractivity contribution in [1.29, 1.82) is 0 Å². The summed E-state index contributed by atoms with van der Waals surface area (Å²) in [6.07, 6.45) is 0. The van der Waals surface area contributed by atoms with Crippen molar-refractivity contribution in [2.45, 2.75) is 19.5 Å². The second-order valence-electron chi connectivity index (χ2n) is 5.74. The van der Waals surface area contributed by atoms with Crippen LogP contribution < -0.4 is 10.2 Å². The van der Waals surface area contributed by atoms with Gasteiger partial charge in [-0.15, -0.1) is 0 Å². The van der Waals surface area contributed by atoms with Gasteiger partial charge in [0.1, 0.15) is 12.4 Å². The fourth-order valence-electron chi connectivity index (χ4n) is 2.43. The Hall–Kier alpha value is -1.72. The molecular weight excluding hydrogens is 359 g/mol. The molecule has 1 unspecified atom stereocenters. The van der Waals surface area contributed by atoms with E-state index in [-0.39, 0.29) is 17.8 Å². The van der Waals surface area contributed by atoms with Crippen LogP contribution in [0, 0.1) is 5.82 Å². The van der Waals surface area contributed by atoms with Crippen molar-refractivity contribution in [2.75, 3.05) is 13.6 Å². The van der Waals surface area contributed by atoms with Crippen LogP contribution in [0.1, 0.15) is 24.1 Å². The number of quaternary nitrogens is 1. The first kappa shape index (κ1) is 17.6. The summed E-state index contributed by atoms with van der Waals surface area (Å²) >= 11 is 3.39. The van der Waals surface area contributed by atoms with Gasteiger partial charge in [0.05, 0.1) is 13.1 Å². The van der Waals surface area contributed by atoms with Crippen molar-refractivity contribution in [3.63, 3.8) is 0 Å². The second-order valence-corrected chi connectivity index (χ2v) is 6.66. The molecule has 0 radical (unpaired) electrons. The molecule has 0 bridgehead atoms. The molecule has 0 aliphatic rings. The summed E-state index contributed by atoms with van der Waals surface area (Å²) in [7, 11) is 1.89. The number of hydrogen-bond donors (Lipinski definition) is 2. The Morgan fingerprint density at radius 1 is 1.22 bits per heavy atom. The number of halogens is 2. The number of nitrogens with one attached hydrogen (secondary N) is 2. The van der Waals surface area contributed by atoms with Gasteiger partial charge in [0.15, 0.2) is 6.54 Å². The summed E-state index contributed by atoms with van der Waals surface area (Å²) in [4.78, 5) is 13.1. The van der Waals surface area contributed by atoms with Crippen LogP contribution in [0.3, 0.4) is 0 Å². The normalized spacial score (nSPS) is 13.4. The van der Waals surface area contributed by atoms with Gasteiger partial charge in [0.2, 0.25) is 0 Å². The standard InChI is InChI=1S/C18H20BrFN2O/c1-13(14-7-9-16(19)10-8-14)21-18(23)12-22(2)11-15-5-3-4-6-17(15)20/h3-10,13H,11-12H2,1-2H3,(H,21,23)/p+1/t13-/m1/s1.